The zero-order valence-corrected chi connectivity index (χ0v) is 23.7. The molecule has 5 nitrogen and oxygen atoms in total. The van der Waals surface area contributed by atoms with Gasteiger partial charge in [-0.15, -0.1) is 5.10 Å². The Balaban J connectivity index is 1.55. The van der Waals surface area contributed by atoms with Gasteiger partial charge in [0.05, 0.1) is 23.0 Å². The fourth-order valence-corrected chi connectivity index (χ4v) is 6.24. The van der Waals surface area contributed by atoms with Crippen LogP contribution >= 0.6 is 0 Å². The summed E-state index contributed by atoms with van der Waals surface area (Å²) in [7, 11) is 0. The number of hydrogen-bond donors (Lipinski definition) is 1. The van der Waals surface area contributed by atoms with Crippen LogP contribution in [0.5, 0.6) is 0 Å². The Morgan fingerprint density at radius 2 is 1.76 bits per heavy atom. The molecule has 1 fully saturated rings. The molecule has 3 heterocycles. The van der Waals surface area contributed by atoms with E-state index in [-0.39, 0.29) is 11.1 Å². The molecule has 0 radical (unpaired) electrons. The number of nitrogens with one attached hydrogen (secondary N) is 1. The minimum absolute atomic E-state index is 0.0887. The molecule has 0 saturated carbocycles. The largest absolute Gasteiger partial charge is 0.307 e. The predicted molar refractivity (Wildman–Crippen MR) is 151 cm³/mol. The molecule has 1 aromatic carbocycles. The van der Waals surface area contributed by atoms with Gasteiger partial charge in [0.25, 0.3) is 0 Å². The lowest BCUT2D eigenvalue weighted by Gasteiger charge is -2.51. The lowest BCUT2D eigenvalue weighted by atomic mass is 9.67. The van der Waals surface area contributed by atoms with Gasteiger partial charge in [0.1, 0.15) is 5.69 Å². The molecule has 0 amide bonds. The highest BCUT2D eigenvalue weighted by Crippen LogP contribution is 2.39. The maximum absolute atomic E-state index is 9.70. The number of benzene rings is 1. The smallest absolute Gasteiger partial charge is 0.112 e. The van der Waals surface area contributed by atoms with Crippen LogP contribution in [-0.2, 0) is 12.8 Å². The maximum atomic E-state index is 9.70. The fraction of sp³-hybridized carbons (Fsp3) is 0.500. The highest BCUT2D eigenvalue weighted by Gasteiger charge is 2.43. The molecular weight excluding hydrogens is 454 g/mol. The first-order valence-corrected chi connectivity index (χ1v) is 13.6. The van der Waals surface area contributed by atoms with Crippen LogP contribution in [0.3, 0.4) is 0 Å². The van der Waals surface area contributed by atoms with E-state index < -0.39 is 0 Å². The monoisotopic (exact) mass is 495 g/mol. The molecule has 2 aromatic heterocycles. The van der Waals surface area contributed by atoms with Gasteiger partial charge >= 0.3 is 0 Å². The van der Waals surface area contributed by atoms with E-state index in [4.69, 9.17) is 4.98 Å². The van der Waals surface area contributed by atoms with Gasteiger partial charge in [0.15, 0.2) is 0 Å². The van der Waals surface area contributed by atoms with Gasteiger partial charge in [-0.1, -0.05) is 26.3 Å². The molecule has 1 N–H and O–H groups in total. The van der Waals surface area contributed by atoms with Crippen molar-refractivity contribution in [2.24, 2.45) is 11.8 Å². The van der Waals surface area contributed by atoms with E-state index in [0.717, 1.165) is 76.1 Å². The molecule has 1 unspecified atom stereocenters. The zero-order chi connectivity index (χ0) is 27.0. The fourth-order valence-electron chi connectivity index (χ4n) is 6.24. The molecule has 0 aliphatic carbocycles. The van der Waals surface area contributed by atoms with Gasteiger partial charge in [0.2, 0.25) is 0 Å². The molecule has 4 rings (SSSR count). The number of piperidine rings is 1. The Labute approximate surface area is 222 Å². The molecule has 0 bridgehead atoms. The number of pyridine rings is 1. The molecule has 1 saturated heterocycles. The van der Waals surface area contributed by atoms with Crippen molar-refractivity contribution in [1.29, 1.82) is 5.26 Å². The van der Waals surface area contributed by atoms with Crippen LogP contribution in [0, 0.1) is 37.0 Å². The van der Waals surface area contributed by atoms with Gasteiger partial charge in [-0.2, -0.15) is 10.4 Å². The highest BCUT2D eigenvalue weighted by atomic mass is 15.1. The predicted octanol–water partition coefficient (Wildman–Crippen LogP) is 6.99. The number of nitriles is 1. The van der Waals surface area contributed by atoms with Crippen molar-refractivity contribution >= 4 is 0 Å². The van der Waals surface area contributed by atoms with Crippen LogP contribution in [0.1, 0.15) is 82.3 Å². The normalized spacial score (nSPS) is 20.4. The average molecular weight is 496 g/mol. The number of rotatable bonds is 6. The summed E-state index contributed by atoms with van der Waals surface area (Å²) in [6.45, 7) is 17.8. The highest BCUT2D eigenvalue weighted by molar-refractivity contribution is 5.70. The Morgan fingerprint density at radius 1 is 1.03 bits per heavy atom. The minimum atomic E-state index is 0.0887. The summed E-state index contributed by atoms with van der Waals surface area (Å²) in [6, 6.07) is 12.8. The zero-order valence-electron chi connectivity index (χ0n) is 23.7. The van der Waals surface area contributed by atoms with Crippen molar-refractivity contribution in [3.05, 3.63) is 64.5 Å². The van der Waals surface area contributed by atoms with Crippen LogP contribution in [0.25, 0.3) is 22.5 Å². The molecular formula is C32H41N5. The second kappa shape index (κ2) is 10.3. The topological polar surface area (TPSA) is 74.5 Å². The third kappa shape index (κ3) is 5.75. The first kappa shape index (κ1) is 26.9. The van der Waals surface area contributed by atoms with E-state index in [0.29, 0.717) is 11.8 Å². The lowest BCUT2D eigenvalue weighted by molar-refractivity contribution is 0.0636. The Bertz CT molecular complexity index is 1310. The van der Waals surface area contributed by atoms with E-state index in [1.54, 1.807) is 0 Å². The summed E-state index contributed by atoms with van der Waals surface area (Å²) < 4.78 is 0. The molecule has 0 spiro atoms. The van der Waals surface area contributed by atoms with Crippen LogP contribution in [0.15, 0.2) is 36.5 Å². The van der Waals surface area contributed by atoms with Crippen molar-refractivity contribution in [3.63, 3.8) is 0 Å². The minimum Gasteiger partial charge on any atom is -0.307 e. The standard InChI is InChI=1S/C32H41N5/c1-9-10-28-20(2)13-23(15-25(28)18-33)26-14-21(3)30(34-19-26)29-12-11-27(35-36-29)16-24-17-31(5,6)37-32(7,8)22(24)4/h11-15,19,22,24,37H,9-10,16-17H2,1-8H3/t22-,24?/m0/s1. The Morgan fingerprint density at radius 3 is 2.38 bits per heavy atom. The van der Waals surface area contributed by atoms with Crippen molar-refractivity contribution in [2.45, 2.75) is 92.2 Å². The second-order valence-electron chi connectivity index (χ2n) is 12.2. The average Bonchev–Trinajstić information content (AvgIpc) is 2.83. The quantitative estimate of drug-likeness (QED) is 0.399. The van der Waals surface area contributed by atoms with Crippen LogP contribution in [0.4, 0.5) is 0 Å². The third-order valence-electron chi connectivity index (χ3n) is 8.22. The van der Waals surface area contributed by atoms with E-state index >= 15 is 0 Å². The van der Waals surface area contributed by atoms with Gasteiger partial charge in [-0.05, 0) is 119 Å². The summed E-state index contributed by atoms with van der Waals surface area (Å²) in [4.78, 5) is 4.77. The number of hydrogen-bond acceptors (Lipinski definition) is 5. The lowest BCUT2D eigenvalue weighted by Crippen LogP contribution is -2.62. The van der Waals surface area contributed by atoms with E-state index in [9.17, 15) is 5.26 Å². The molecule has 5 heteroatoms. The first-order chi connectivity index (χ1) is 17.4. The van der Waals surface area contributed by atoms with Crippen molar-refractivity contribution in [3.8, 4) is 28.6 Å². The van der Waals surface area contributed by atoms with Crippen molar-refractivity contribution < 1.29 is 0 Å². The molecule has 194 valence electrons. The summed E-state index contributed by atoms with van der Waals surface area (Å²) in [6.07, 6.45) is 5.88. The SMILES string of the molecule is CCCc1c(C)cc(-c2cnc(-c3ccc(CC4CC(C)(C)NC(C)(C)[C@H]4C)nn3)c(C)c2)cc1C#N. The first-order valence-electron chi connectivity index (χ1n) is 13.6. The molecule has 1 aliphatic rings. The van der Waals surface area contributed by atoms with Crippen LogP contribution in [-0.4, -0.2) is 26.3 Å². The van der Waals surface area contributed by atoms with Gasteiger partial charge in [-0.25, -0.2) is 0 Å². The second-order valence-corrected chi connectivity index (χ2v) is 12.2. The molecule has 1 aliphatic heterocycles. The summed E-state index contributed by atoms with van der Waals surface area (Å²) in [5.41, 5.74) is 9.03. The van der Waals surface area contributed by atoms with Crippen molar-refractivity contribution in [1.82, 2.24) is 20.5 Å². The Kier molecular flexibility index (Phi) is 7.53. The molecule has 37 heavy (non-hydrogen) atoms. The van der Waals surface area contributed by atoms with Crippen molar-refractivity contribution in [2.75, 3.05) is 0 Å². The molecule has 2 atom stereocenters. The third-order valence-corrected chi connectivity index (χ3v) is 8.22. The van der Waals surface area contributed by atoms with E-state index in [1.165, 1.54) is 0 Å². The summed E-state index contributed by atoms with van der Waals surface area (Å²) in [5, 5.41) is 22.7. The van der Waals surface area contributed by atoms with Gasteiger partial charge in [0, 0.05) is 22.8 Å². The summed E-state index contributed by atoms with van der Waals surface area (Å²) >= 11 is 0. The number of aryl methyl sites for hydroxylation is 2. The van der Waals surface area contributed by atoms with E-state index in [2.05, 4.69) is 101 Å². The maximum Gasteiger partial charge on any atom is 0.112 e. The van der Waals surface area contributed by atoms with Crippen LogP contribution < -0.4 is 5.32 Å². The van der Waals surface area contributed by atoms with Crippen LogP contribution in [0.2, 0.25) is 0 Å². The number of aromatic nitrogens is 3. The van der Waals surface area contributed by atoms with Gasteiger partial charge in [-0.3, -0.25) is 4.98 Å². The summed E-state index contributed by atoms with van der Waals surface area (Å²) in [5.74, 6) is 1.09. The molecule has 3 aromatic rings. The van der Waals surface area contributed by atoms with Gasteiger partial charge < -0.3 is 5.32 Å². The Hall–Kier alpha value is -3.10. The van der Waals surface area contributed by atoms with E-state index in [1.807, 2.05) is 12.3 Å². The number of nitrogens with zero attached hydrogens (tertiary/aromatic N) is 4.